The monoisotopic (exact) mass is 175 g/mol. The van der Waals surface area contributed by atoms with Crippen LogP contribution in [-0.4, -0.2) is 19.0 Å². The fourth-order valence-corrected chi connectivity index (χ4v) is 2.00. The second-order valence-corrected chi connectivity index (χ2v) is 4.26. The third-order valence-electron chi connectivity index (χ3n) is 2.63. The molecule has 0 aliphatic heterocycles. The fourth-order valence-electron chi connectivity index (χ4n) is 1.86. The maximum Gasteiger partial charge on any atom is 0.0348 e. The number of alkyl halides is 1. The van der Waals surface area contributed by atoms with Crippen molar-refractivity contribution in [3.8, 4) is 0 Å². The van der Waals surface area contributed by atoms with Gasteiger partial charge in [-0.15, -0.1) is 11.6 Å². The van der Waals surface area contributed by atoms with E-state index in [1.54, 1.807) is 0 Å². The van der Waals surface area contributed by atoms with Crippen LogP contribution < -0.4 is 5.32 Å². The van der Waals surface area contributed by atoms with Crippen molar-refractivity contribution in [3.63, 3.8) is 0 Å². The molecule has 0 bridgehead atoms. The lowest BCUT2D eigenvalue weighted by Gasteiger charge is -2.23. The summed E-state index contributed by atoms with van der Waals surface area (Å²) in [6.07, 6.45) is 5.61. The Morgan fingerprint density at radius 2 is 2.00 bits per heavy atom. The minimum atomic E-state index is 0.575. The van der Waals surface area contributed by atoms with Gasteiger partial charge in [0, 0.05) is 19.0 Å². The van der Waals surface area contributed by atoms with E-state index >= 15 is 0 Å². The van der Waals surface area contributed by atoms with E-state index in [1.807, 2.05) is 0 Å². The van der Waals surface area contributed by atoms with Gasteiger partial charge in [0.2, 0.25) is 0 Å². The summed E-state index contributed by atoms with van der Waals surface area (Å²) in [5.74, 6) is 0.732. The largest absolute Gasteiger partial charge is 0.315 e. The van der Waals surface area contributed by atoms with Crippen molar-refractivity contribution in [2.24, 2.45) is 5.41 Å². The van der Waals surface area contributed by atoms with E-state index in [0.717, 1.165) is 19.0 Å². The highest BCUT2D eigenvalue weighted by Gasteiger charge is 2.27. The summed E-state index contributed by atoms with van der Waals surface area (Å²) >= 11 is 5.57. The lowest BCUT2D eigenvalue weighted by Crippen LogP contribution is -2.30. The van der Waals surface area contributed by atoms with E-state index in [1.165, 1.54) is 25.7 Å². The number of hydrogen-bond donors (Lipinski definition) is 1. The molecule has 0 aromatic rings. The topological polar surface area (TPSA) is 12.0 Å². The average molecular weight is 176 g/mol. The van der Waals surface area contributed by atoms with Gasteiger partial charge in [-0.05, 0) is 18.3 Å². The van der Waals surface area contributed by atoms with Gasteiger partial charge in [-0.2, -0.15) is 0 Å². The zero-order valence-corrected chi connectivity index (χ0v) is 8.08. The minimum Gasteiger partial charge on any atom is -0.315 e. The zero-order chi connectivity index (χ0) is 8.16. The van der Waals surface area contributed by atoms with Crippen molar-refractivity contribution >= 4 is 11.6 Å². The van der Waals surface area contributed by atoms with E-state index in [4.69, 9.17) is 11.6 Å². The van der Waals surface area contributed by atoms with Gasteiger partial charge in [-0.1, -0.05) is 19.8 Å². The van der Waals surface area contributed by atoms with Gasteiger partial charge >= 0.3 is 0 Å². The molecule has 0 amide bonds. The summed E-state index contributed by atoms with van der Waals surface area (Å²) in [7, 11) is 0. The van der Waals surface area contributed by atoms with Gasteiger partial charge in [0.15, 0.2) is 0 Å². The quantitative estimate of drug-likeness (QED) is 0.511. The number of nitrogens with one attached hydrogen (secondary N) is 1. The van der Waals surface area contributed by atoms with Crippen LogP contribution in [0.3, 0.4) is 0 Å². The van der Waals surface area contributed by atoms with E-state index in [9.17, 15) is 0 Å². The highest BCUT2D eigenvalue weighted by Crippen LogP contribution is 2.36. The SMILES string of the molecule is CC1(CNCCCl)CCCC1. The molecule has 0 heterocycles. The first-order valence-corrected chi connectivity index (χ1v) is 5.07. The molecule has 0 unspecified atom stereocenters. The first-order valence-electron chi connectivity index (χ1n) is 4.54. The first kappa shape index (κ1) is 9.34. The van der Waals surface area contributed by atoms with E-state index in [-0.39, 0.29) is 0 Å². The third kappa shape index (κ3) is 3.00. The van der Waals surface area contributed by atoms with Crippen LogP contribution in [0.25, 0.3) is 0 Å². The Balaban J connectivity index is 2.13. The van der Waals surface area contributed by atoms with E-state index < -0.39 is 0 Å². The van der Waals surface area contributed by atoms with Crippen molar-refractivity contribution in [1.29, 1.82) is 0 Å². The summed E-state index contributed by atoms with van der Waals surface area (Å²) in [4.78, 5) is 0. The second-order valence-electron chi connectivity index (χ2n) is 3.88. The molecule has 1 aliphatic rings. The molecular formula is C9H18ClN. The third-order valence-corrected chi connectivity index (χ3v) is 2.82. The zero-order valence-electron chi connectivity index (χ0n) is 7.33. The molecule has 66 valence electrons. The normalized spacial score (nSPS) is 22.4. The van der Waals surface area contributed by atoms with Gasteiger partial charge in [0.1, 0.15) is 0 Å². The molecular weight excluding hydrogens is 158 g/mol. The summed E-state index contributed by atoms with van der Waals surface area (Å²) in [6.45, 7) is 4.48. The van der Waals surface area contributed by atoms with Gasteiger partial charge in [-0.25, -0.2) is 0 Å². The molecule has 0 atom stereocenters. The lowest BCUT2D eigenvalue weighted by molar-refractivity contribution is 0.319. The fraction of sp³-hybridized carbons (Fsp3) is 1.00. The first-order chi connectivity index (χ1) is 5.27. The Morgan fingerprint density at radius 1 is 1.36 bits per heavy atom. The van der Waals surface area contributed by atoms with Crippen LogP contribution in [0.2, 0.25) is 0 Å². The highest BCUT2D eigenvalue weighted by molar-refractivity contribution is 6.18. The molecule has 0 radical (unpaired) electrons. The summed E-state index contributed by atoms with van der Waals surface area (Å²) < 4.78 is 0. The van der Waals surface area contributed by atoms with Crippen molar-refractivity contribution in [2.45, 2.75) is 32.6 Å². The Kier molecular flexibility index (Phi) is 3.67. The number of halogens is 1. The number of rotatable bonds is 4. The van der Waals surface area contributed by atoms with Crippen molar-refractivity contribution in [2.75, 3.05) is 19.0 Å². The molecule has 0 saturated heterocycles. The van der Waals surface area contributed by atoms with Crippen LogP contribution in [-0.2, 0) is 0 Å². The smallest absolute Gasteiger partial charge is 0.0348 e. The molecule has 0 aromatic heterocycles. The van der Waals surface area contributed by atoms with Crippen LogP contribution in [0.4, 0.5) is 0 Å². The summed E-state index contributed by atoms with van der Waals surface area (Å²) in [6, 6.07) is 0. The van der Waals surface area contributed by atoms with Crippen molar-refractivity contribution in [1.82, 2.24) is 5.32 Å². The predicted octanol–water partition coefficient (Wildman–Crippen LogP) is 2.40. The average Bonchev–Trinajstić information content (AvgIpc) is 2.38. The van der Waals surface area contributed by atoms with Crippen molar-refractivity contribution in [3.05, 3.63) is 0 Å². The standard InChI is InChI=1S/C9H18ClN/c1-9(4-2-3-5-9)8-11-7-6-10/h11H,2-8H2,1H3. The summed E-state index contributed by atoms with van der Waals surface area (Å²) in [5, 5.41) is 3.39. The Labute approximate surface area is 74.5 Å². The van der Waals surface area contributed by atoms with Gasteiger partial charge in [-0.3, -0.25) is 0 Å². The van der Waals surface area contributed by atoms with Crippen LogP contribution in [0.15, 0.2) is 0 Å². The van der Waals surface area contributed by atoms with Crippen LogP contribution >= 0.6 is 11.6 Å². The molecule has 1 rings (SSSR count). The van der Waals surface area contributed by atoms with Crippen LogP contribution in [0, 0.1) is 5.41 Å². The maximum atomic E-state index is 5.57. The maximum absolute atomic E-state index is 5.57. The van der Waals surface area contributed by atoms with Gasteiger partial charge in [0.25, 0.3) is 0 Å². The molecule has 1 saturated carbocycles. The Bertz CT molecular complexity index is 108. The van der Waals surface area contributed by atoms with E-state index in [0.29, 0.717) is 5.41 Å². The minimum absolute atomic E-state index is 0.575. The lowest BCUT2D eigenvalue weighted by atomic mass is 9.89. The molecule has 1 aliphatic carbocycles. The Hall–Kier alpha value is 0.250. The van der Waals surface area contributed by atoms with Gasteiger partial charge in [0.05, 0.1) is 0 Å². The van der Waals surface area contributed by atoms with Crippen LogP contribution in [0.1, 0.15) is 32.6 Å². The van der Waals surface area contributed by atoms with E-state index in [2.05, 4.69) is 12.2 Å². The highest BCUT2D eigenvalue weighted by atomic mass is 35.5. The molecule has 0 spiro atoms. The summed E-state index contributed by atoms with van der Waals surface area (Å²) in [5.41, 5.74) is 0.575. The predicted molar refractivity (Wildman–Crippen MR) is 50.2 cm³/mol. The Morgan fingerprint density at radius 3 is 2.55 bits per heavy atom. The number of hydrogen-bond acceptors (Lipinski definition) is 1. The molecule has 2 heteroatoms. The molecule has 11 heavy (non-hydrogen) atoms. The van der Waals surface area contributed by atoms with Crippen LogP contribution in [0.5, 0.6) is 0 Å². The second kappa shape index (κ2) is 4.32. The molecule has 1 N–H and O–H groups in total. The van der Waals surface area contributed by atoms with Gasteiger partial charge < -0.3 is 5.32 Å². The molecule has 1 nitrogen and oxygen atoms in total. The molecule has 0 aromatic carbocycles. The van der Waals surface area contributed by atoms with Crippen molar-refractivity contribution < 1.29 is 0 Å². The molecule has 1 fully saturated rings.